The van der Waals surface area contributed by atoms with Crippen molar-refractivity contribution in [1.29, 1.82) is 0 Å². The van der Waals surface area contributed by atoms with Gasteiger partial charge in [0.2, 0.25) is 0 Å². The number of carbonyl (C=O) groups excluding carboxylic acids is 2. The van der Waals surface area contributed by atoms with Gasteiger partial charge in [-0.2, -0.15) is 0 Å². The summed E-state index contributed by atoms with van der Waals surface area (Å²) in [4.78, 5) is 24.3. The Morgan fingerprint density at radius 1 is 1.00 bits per heavy atom. The molecule has 5 nitrogen and oxygen atoms in total. The van der Waals surface area contributed by atoms with E-state index in [2.05, 4.69) is 10.9 Å². The van der Waals surface area contributed by atoms with Crippen LogP contribution < -0.4 is 15.6 Å². The molecule has 0 fully saturated rings. The Labute approximate surface area is 151 Å². The van der Waals surface area contributed by atoms with Gasteiger partial charge >= 0.3 is 0 Å². The molecule has 0 unspecified atom stereocenters. The molecule has 1 aliphatic rings. The van der Waals surface area contributed by atoms with Gasteiger partial charge < -0.3 is 4.74 Å². The van der Waals surface area contributed by atoms with Crippen LogP contribution in [0.15, 0.2) is 42.5 Å². The highest BCUT2D eigenvalue weighted by atomic mass is 19.1. The zero-order chi connectivity index (χ0) is 18.5. The Hall–Kier alpha value is -2.89. The fourth-order valence-electron chi connectivity index (χ4n) is 2.94. The number of hydrazine groups is 1. The van der Waals surface area contributed by atoms with Gasteiger partial charge in [-0.3, -0.25) is 20.4 Å². The summed E-state index contributed by atoms with van der Waals surface area (Å²) >= 11 is 0. The fraction of sp³-hybridized carbons (Fsp3) is 0.300. The topological polar surface area (TPSA) is 67.4 Å². The van der Waals surface area contributed by atoms with Gasteiger partial charge in [0, 0.05) is 5.56 Å². The monoisotopic (exact) mass is 356 g/mol. The molecule has 0 spiro atoms. The highest BCUT2D eigenvalue weighted by Gasteiger charge is 2.17. The highest BCUT2D eigenvalue weighted by Crippen LogP contribution is 2.22. The average molecular weight is 356 g/mol. The summed E-state index contributed by atoms with van der Waals surface area (Å²) in [6.07, 6.45) is 3.50. The van der Waals surface area contributed by atoms with Gasteiger partial charge in [0.1, 0.15) is 11.6 Å². The number of aryl methyl sites for hydroxylation is 2. The maximum Gasteiger partial charge on any atom is 0.279 e. The molecular formula is C20H21FN2O3. The molecule has 2 amide bonds. The Morgan fingerprint density at radius 3 is 2.42 bits per heavy atom. The van der Waals surface area contributed by atoms with E-state index in [-0.39, 0.29) is 11.7 Å². The van der Waals surface area contributed by atoms with Crippen LogP contribution in [0.5, 0.6) is 5.75 Å². The van der Waals surface area contributed by atoms with Crippen LogP contribution in [0, 0.1) is 5.82 Å². The first kappa shape index (κ1) is 17.9. The maximum absolute atomic E-state index is 12.9. The molecule has 136 valence electrons. The van der Waals surface area contributed by atoms with Crippen LogP contribution in [0.3, 0.4) is 0 Å². The number of ether oxygens (including phenoxy) is 1. The molecule has 0 bridgehead atoms. The van der Waals surface area contributed by atoms with Crippen molar-refractivity contribution in [1.82, 2.24) is 10.9 Å². The molecule has 0 aliphatic heterocycles. The van der Waals surface area contributed by atoms with E-state index in [9.17, 15) is 14.0 Å². The molecular weight excluding hydrogens is 335 g/mol. The number of carbonyl (C=O) groups is 2. The van der Waals surface area contributed by atoms with E-state index in [0.29, 0.717) is 11.3 Å². The van der Waals surface area contributed by atoms with Crippen LogP contribution in [0.25, 0.3) is 0 Å². The molecule has 2 aromatic rings. The van der Waals surface area contributed by atoms with E-state index in [4.69, 9.17) is 4.74 Å². The second-order valence-electron chi connectivity index (χ2n) is 6.35. The lowest BCUT2D eigenvalue weighted by Crippen LogP contribution is -2.47. The lowest BCUT2D eigenvalue weighted by Gasteiger charge is -2.17. The second kappa shape index (κ2) is 7.99. The summed E-state index contributed by atoms with van der Waals surface area (Å²) in [5.74, 6) is -0.886. The molecule has 0 saturated heterocycles. The SMILES string of the molecule is C[C@@H](Oc1ccc(F)cc1)C(=O)NNC(=O)c1ccc2c(c1)CCCC2. The van der Waals surface area contributed by atoms with Crippen LogP contribution in [0.1, 0.15) is 41.3 Å². The predicted molar refractivity (Wildman–Crippen MR) is 95.2 cm³/mol. The van der Waals surface area contributed by atoms with Crippen molar-refractivity contribution in [2.24, 2.45) is 0 Å². The number of benzene rings is 2. The van der Waals surface area contributed by atoms with Crippen LogP contribution in [-0.4, -0.2) is 17.9 Å². The van der Waals surface area contributed by atoms with Gasteiger partial charge in [0.05, 0.1) is 0 Å². The first-order valence-electron chi connectivity index (χ1n) is 8.67. The van der Waals surface area contributed by atoms with E-state index >= 15 is 0 Å². The number of fused-ring (bicyclic) bond motifs is 1. The summed E-state index contributed by atoms with van der Waals surface area (Å²) in [5.41, 5.74) is 7.76. The number of hydrogen-bond acceptors (Lipinski definition) is 3. The van der Waals surface area contributed by atoms with Crippen LogP contribution in [0.2, 0.25) is 0 Å². The molecule has 1 atom stereocenters. The van der Waals surface area contributed by atoms with E-state index in [1.165, 1.54) is 41.8 Å². The van der Waals surface area contributed by atoms with Gasteiger partial charge in [-0.25, -0.2) is 4.39 Å². The lowest BCUT2D eigenvalue weighted by atomic mass is 9.90. The molecule has 6 heteroatoms. The third-order valence-electron chi connectivity index (χ3n) is 4.41. The van der Waals surface area contributed by atoms with Crippen molar-refractivity contribution in [3.8, 4) is 5.75 Å². The highest BCUT2D eigenvalue weighted by molar-refractivity contribution is 5.96. The van der Waals surface area contributed by atoms with Crippen molar-refractivity contribution < 1.29 is 18.7 Å². The first-order chi connectivity index (χ1) is 12.5. The molecule has 26 heavy (non-hydrogen) atoms. The van der Waals surface area contributed by atoms with Crippen molar-refractivity contribution in [3.05, 3.63) is 65.0 Å². The third kappa shape index (κ3) is 4.39. The van der Waals surface area contributed by atoms with Gasteiger partial charge in [0.25, 0.3) is 11.8 Å². The summed E-state index contributed by atoms with van der Waals surface area (Å²) < 4.78 is 18.3. The smallest absolute Gasteiger partial charge is 0.279 e. The molecule has 0 aromatic heterocycles. The van der Waals surface area contributed by atoms with Gasteiger partial charge in [-0.15, -0.1) is 0 Å². The summed E-state index contributed by atoms with van der Waals surface area (Å²) in [6.45, 7) is 1.55. The third-order valence-corrected chi connectivity index (χ3v) is 4.41. The Morgan fingerprint density at radius 2 is 1.69 bits per heavy atom. The quantitative estimate of drug-likeness (QED) is 0.828. The zero-order valence-electron chi connectivity index (χ0n) is 14.5. The number of nitrogens with one attached hydrogen (secondary N) is 2. The molecule has 0 saturated carbocycles. The summed E-state index contributed by atoms with van der Waals surface area (Å²) in [7, 11) is 0. The molecule has 2 aromatic carbocycles. The minimum atomic E-state index is -0.843. The fourth-order valence-corrected chi connectivity index (χ4v) is 2.94. The minimum absolute atomic E-state index is 0.370. The average Bonchev–Trinajstić information content (AvgIpc) is 2.67. The van der Waals surface area contributed by atoms with Gasteiger partial charge in [-0.05, 0) is 80.1 Å². The van der Waals surface area contributed by atoms with Gasteiger partial charge in [0.15, 0.2) is 6.10 Å². The first-order valence-corrected chi connectivity index (χ1v) is 8.67. The minimum Gasteiger partial charge on any atom is -0.481 e. The Balaban J connectivity index is 1.53. The van der Waals surface area contributed by atoms with E-state index < -0.39 is 12.0 Å². The second-order valence-corrected chi connectivity index (χ2v) is 6.35. The molecule has 0 heterocycles. The molecule has 2 N–H and O–H groups in total. The summed E-state index contributed by atoms with van der Waals surface area (Å²) in [5, 5.41) is 0. The van der Waals surface area contributed by atoms with Crippen molar-refractivity contribution in [3.63, 3.8) is 0 Å². The largest absolute Gasteiger partial charge is 0.481 e. The van der Waals surface area contributed by atoms with Crippen LogP contribution >= 0.6 is 0 Å². The molecule has 3 rings (SSSR count). The predicted octanol–water partition coefficient (Wildman–Crippen LogP) is 2.93. The molecule has 1 aliphatic carbocycles. The Bertz CT molecular complexity index is 805. The van der Waals surface area contributed by atoms with E-state index in [1.54, 1.807) is 13.0 Å². The number of amides is 2. The van der Waals surface area contributed by atoms with Crippen molar-refractivity contribution in [2.45, 2.75) is 38.7 Å². The Kier molecular flexibility index (Phi) is 5.51. The molecule has 0 radical (unpaired) electrons. The van der Waals surface area contributed by atoms with Crippen molar-refractivity contribution >= 4 is 11.8 Å². The number of rotatable bonds is 4. The standard InChI is InChI=1S/C20H21FN2O3/c1-13(26-18-10-8-17(21)9-11-18)19(24)22-23-20(25)16-7-6-14-4-2-3-5-15(14)12-16/h6-13H,2-5H2,1H3,(H,22,24)(H,23,25)/t13-/m1/s1. The van der Waals surface area contributed by atoms with E-state index in [0.717, 1.165) is 19.3 Å². The van der Waals surface area contributed by atoms with Gasteiger partial charge in [-0.1, -0.05) is 6.07 Å². The maximum atomic E-state index is 12.9. The summed E-state index contributed by atoms with van der Waals surface area (Å²) in [6, 6.07) is 11.0. The van der Waals surface area contributed by atoms with E-state index in [1.807, 2.05) is 12.1 Å². The number of hydrogen-bond donors (Lipinski definition) is 2. The van der Waals surface area contributed by atoms with Crippen LogP contribution in [0.4, 0.5) is 4.39 Å². The van der Waals surface area contributed by atoms with Crippen LogP contribution in [-0.2, 0) is 17.6 Å². The number of halogens is 1. The zero-order valence-corrected chi connectivity index (χ0v) is 14.5. The van der Waals surface area contributed by atoms with Crippen molar-refractivity contribution in [2.75, 3.05) is 0 Å². The normalized spacial score (nSPS) is 14.1. The lowest BCUT2D eigenvalue weighted by molar-refractivity contribution is -0.128.